The van der Waals surface area contributed by atoms with Crippen LogP contribution in [-0.4, -0.2) is 26.6 Å². The predicted octanol–water partition coefficient (Wildman–Crippen LogP) is 4.52. The summed E-state index contributed by atoms with van der Waals surface area (Å²) in [6.07, 6.45) is 6.46. The maximum Gasteiger partial charge on any atom is 0.307 e. The van der Waals surface area contributed by atoms with E-state index in [0.717, 1.165) is 25.1 Å². The summed E-state index contributed by atoms with van der Waals surface area (Å²) in [6, 6.07) is 4.08. The Balaban J connectivity index is 1.78. The Bertz CT molecular complexity index is 1070. The molecule has 1 aliphatic carbocycles. The molecule has 0 aliphatic heterocycles. The quantitative estimate of drug-likeness (QED) is 0.658. The summed E-state index contributed by atoms with van der Waals surface area (Å²) in [7, 11) is 1.43. The number of fused-ring (bicyclic) bond motifs is 1. The van der Waals surface area contributed by atoms with Crippen molar-refractivity contribution in [1.29, 1.82) is 0 Å². The minimum Gasteiger partial charge on any atom is -0.493 e. The predicted molar refractivity (Wildman–Crippen MR) is 107 cm³/mol. The van der Waals surface area contributed by atoms with Gasteiger partial charge in [-0.1, -0.05) is 26.2 Å². The first-order chi connectivity index (χ1) is 14.1. The second-order valence-corrected chi connectivity index (χ2v) is 7.40. The highest BCUT2D eigenvalue weighted by atomic mass is 19.1. The summed E-state index contributed by atoms with van der Waals surface area (Å²) < 4.78 is 26.1. The zero-order valence-corrected chi connectivity index (χ0v) is 16.7. The molecule has 2 heterocycles. The molecule has 0 bridgehead atoms. The molecule has 29 heavy (non-hydrogen) atoms. The van der Waals surface area contributed by atoms with Crippen LogP contribution in [0.25, 0.3) is 11.2 Å². The lowest BCUT2D eigenvalue weighted by Crippen LogP contribution is -2.23. The van der Waals surface area contributed by atoms with E-state index in [0.29, 0.717) is 23.6 Å². The molecule has 0 atom stereocenters. The number of imidazole rings is 1. The largest absolute Gasteiger partial charge is 0.493 e. The lowest BCUT2D eigenvalue weighted by atomic mass is 9.89. The first-order valence-corrected chi connectivity index (χ1v) is 10.1. The van der Waals surface area contributed by atoms with E-state index in [4.69, 9.17) is 9.47 Å². The number of nitrogens with one attached hydrogen (secondary N) is 1. The average molecular weight is 400 g/mol. The van der Waals surface area contributed by atoms with Crippen LogP contribution in [0.4, 0.5) is 4.39 Å². The van der Waals surface area contributed by atoms with Crippen LogP contribution < -0.4 is 15.0 Å². The Morgan fingerprint density at radius 1 is 1.21 bits per heavy atom. The van der Waals surface area contributed by atoms with Crippen molar-refractivity contribution in [2.75, 3.05) is 7.11 Å². The molecule has 0 saturated heterocycles. The van der Waals surface area contributed by atoms with E-state index in [1.807, 2.05) is 6.92 Å². The third-order valence-electron chi connectivity index (χ3n) is 5.36. The number of methoxy groups -OCH3 is 1. The number of aromatic amines is 1. The van der Waals surface area contributed by atoms with Crippen molar-refractivity contribution in [2.24, 2.45) is 0 Å². The molecule has 7 nitrogen and oxygen atoms in total. The first kappa shape index (κ1) is 19.4. The minimum absolute atomic E-state index is 0.121. The van der Waals surface area contributed by atoms with Crippen LogP contribution in [0.2, 0.25) is 0 Å². The summed E-state index contributed by atoms with van der Waals surface area (Å²) in [5, 5.41) is 0. The zero-order valence-electron chi connectivity index (χ0n) is 16.7. The lowest BCUT2D eigenvalue weighted by molar-refractivity contribution is 0.350. The highest BCUT2D eigenvalue weighted by molar-refractivity contribution is 5.70. The van der Waals surface area contributed by atoms with Gasteiger partial charge in [0, 0.05) is 18.5 Å². The minimum atomic E-state index is -0.437. The van der Waals surface area contributed by atoms with Gasteiger partial charge in [-0.25, -0.2) is 9.37 Å². The van der Waals surface area contributed by atoms with Gasteiger partial charge in [0.2, 0.25) is 0 Å². The van der Waals surface area contributed by atoms with Gasteiger partial charge >= 0.3 is 6.01 Å². The summed E-state index contributed by atoms with van der Waals surface area (Å²) in [5.74, 6) is 1.23. The Morgan fingerprint density at radius 2 is 2.00 bits per heavy atom. The molecule has 154 valence electrons. The highest BCUT2D eigenvalue weighted by Gasteiger charge is 2.22. The van der Waals surface area contributed by atoms with E-state index in [1.165, 1.54) is 49.1 Å². The molecule has 1 aromatic carbocycles. The Labute approximate surface area is 167 Å². The number of hydrogen-bond donors (Lipinski definition) is 1. The maximum atomic E-state index is 13.5. The summed E-state index contributed by atoms with van der Waals surface area (Å²) in [6.45, 7) is 2.41. The molecule has 2 aromatic heterocycles. The standard InChI is InChI=1S/C21H25FN4O3/c1-3-11-26-20(27)17-19(24-18(23-17)13-7-5-4-6-8-13)25-21(26)29-15-10-9-14(22)12-16(15)28-2/h9-10,12-13H,3-8,11H2,1-2H3,(H,23,24). The smallest absolute Gasteiger partial charge is 0.307 e. The van der Waals surface area contributed by atoms with E-state index < -0.39 is 5.82 Å². The Morgan fingerprint density at radius 3 is 2.72 bits per heavy atom. The van der Waals surface area contributed by atoms with Crippen LogP contribution in [0.3, 0.4) is 0 Å². The molecular weight excluding hydrogens is 375 g/mol. The average Bonchev–Trinajstić information content (AvgIpc) is 3.17. The van der Waals surface area contributed by atoms with E-state index >= 15 is 0 Å². The molecular formula is C21H25FN4O3. The van der Waals surface area contributed by atoms with Crippen molar-refractivity contribution >= 4 is 11.2 Å². The fraction of sp³-hybridized carbons (Fsp3) is 0.476. The van der Waals surface area contributed by atoms with E-state index in [1.54, 1.807) is 0 Å². The summed E-state index contributed by atoms with van der Waals surface area (Å²) in [4.78, 5) is 25.4. The van der Waals surface area contributed by atoms with Crippen LogP contribution in [0.5, 0.6) is 17.5 Å². The third-order valence-corrected chi connectivity index (χ3v) is 5.36. The fourth-order valence-electron chi connectivity index (χ4n) is 3.88. The zero-order chi connectivity index (χ0) is 20.4. The number of rotatable bonds is 6. The summed E-state index contributed by atoms with van der Waals surface area (Å²) >= 11 is 0. The van der Waals surface area contributed by atoms with Crippen molar-refractivity contribution in [3.8, 4) is 17.5 Å². The van der Waals surface area contributed by atoms with Gasteiger partial charge in [0.25, 0.3) is 5.56 Å². The molecule has 1 saturated carbocycles. The van der Waals surface area contributed by atoms with E-state index in [2.05, 4.69) is 15.0 Å². The molecule has 0 amide bonds. The van der Waals surface area contributed by atoms with Gasteiger partial charge in [-0.2, -0.15) is 4.98 Å². The van der Waals surface area contributed by atoms with Crippen LogP contribution in [0.1, 0.15) is 57.2 Å². The van der Waals surface area contributed by atoms with Crippen molar-refractivity contribution in [1.82, 2.24) is 19.5 Å². The Hall–Kier alpha value is -2.90. The van der Waals surface area contributed by atoms with E-state index in [9.17, 15) is 9.18 Å². The molecule has 4 rings (SSSR count). The Kier molecular flexibility index (Phi) is 5.51. The number of benzene rings is 1. The molecule has 3 aromatic rings. The van der Waals surface area contributed by atoms with Crippen molar-refractivity contribution in [2.45, 2.75) is 57.9 Å². The number of halogens is 1. The molecule has 1 aliphatic rings. The molecule has 1 fully saturated rings. The highest BCUT2D eigenvalue weighted by Crippen LogP contribution is 2.33. The van der Waals surface area contributed by atoms with Crippen LogP contribution in [-0.2, 0) is 6.54 Å². The van der Waals surface area contributed by atoms with Crippen LogP contribution >= 0.6 is 0 Å². The molecule has 0 spiro atoms. The SMILES string of the molecule is CCCn1c(Oc2ccc(F)cc2OC)nc2nc(C3CCCCC3)[nH]c2c1=O. The number of H-pyrrole nitrogens is 1. The van der Waals surface area contributed by atoms with Gasteiger partial charge < -0.3 is 14.5 Å². The first-order valence-electron chi connectivity index (χ1n) is 10.1. The van der Waals surface area contributed by atoms with Gasteiger partial charge in [-0.05, 0) is 31.4 Å². The lowest BCUT2D eigenvalue weighted by Gasteiger charge is -2.18. The van der Waals surface area contributed by atoms with Crippen molar-refractivity contribution < 1.29 is 13.9 Å². The van der Waals surface area contributed by atoms with Gasteiger partial charge in [-0.15, -0.1) is 0 Å². The molecule has 8 heteroatoms. The van der Waals surface area contributed by atoms with Gasteiger partial charge in [0.1, 0.15) is 11.6 Å². The van der Waals surface area contributed by atoms with Crippen molar-refractivity contribution in [3.05, 3.63) is 40.2 Å². The monoisotopic (exact) mass is 400 g/mol. The maximum absolute atomic E-state index is 13.5. The second kappa shape index (κ2) is 8.23. The van der Waals surface area contributed by atoms with Gasteiger partial charge in [0.05, 0.1) is 7.11 Å². The number of ether oxygens (including phenoxy) is 2. The molecule has 0 unspecified atom stereocenters. The van der Waals surface area contributed by atoms with Crippen LogP contribution in [0, 0.1) is 5.82 Å². The fourth-order valence-corrected chi connectivity index (χ4v) is 3.88. The number of hydrogen-bond acceptors (Lipinski definition) is 5. The van der Waals surface area contributed by atoms with E-state index in [-0.39, 0.29) is 23.1 Å². The van der Waals surface area contributed by atoms with Gasteiger partial charge in [0.15, 0.2) is 22.7 Å². The second-order valence-electron chi connectivity index (χ2n) is 7.40. The molecule has 1 N–H and O–H groups in total. The normalized spacial score (nSPS) is 15.0. The van der Waals surface area contributed by atoms with Gasteiger partial charge in [-0.3, -0.25) is 9.36 Å². The molecule has 0 radical (unpaired) electrons. The third kappa shape index (κ3) is 3.83. The number of aromatic nitrogens is 4. The van der Waals surface area contributed by atoms with Crippen LogP contribution in [0.15, 0.2) is 23.0 Å². The summed E-state index contributed by atoms with van der Waals surface area (Å²) in [5.41, 5.74) is 0.527. The number of nitrogens with zero attached hydrogens (tertiary/aromatic N) is 3. The topological polar surface area (TPSA) is 82.0 Å². The van der Waals surface area contributed by atoms with Crippen molar-refractivity contribution in [3.63, 3.8) is 0 Å².